The van der Waals surface area contributed by atoms with E-state index in [2.05, 4.69) is 15.2 Å². The minimum absolute atomic E-state index is 0.0192. The molecule has 8 heteroatoms. The Hall–Kier alpha value is -2.61. The summed E-state index contributed by atoms with van der Waals surface area (Å²) in [5.74, 6) is 0.411. The summed E-state index contributed by atoms with van der Waals surface area (Å²) >= 11 is 0. The summed E-state index contributed by atoms with van der Waals surface area (Å²) in [5.41, 5.74) is 12.2. The molecule has 0 saturated heterocycles. The first-order valence-electron chi connectivity index (χ1n) is 5.64. The van der Waals surface area contributed by atoms with Crippen LogP contribution in [0.15, 0.2) is 36.9 Å². The van der Waals surface area contributed by atoms with Crippen molar-refractivity contribution >= 4 is 17.2 Å². The molecule has 100 valence electrons. The second-order valence-electron chi connectivity index (χ2n) is 3.69. The molecule has 0 amide bonds. The van der Waals surface area contributed by atoms with E-state index in [0.717, 1.165) is 5.65 Å². The van der Waals surface area contributed by atoms with Crippen molar-refractivity contribution in [2.45, 2.75) is 6.54 Å². The zero-order chi connectivity index (χ0) is 13.7. The molecule has 3 heterocycles. The number of anilines is 2. The van der Waals surface area contributed by atoms with Crippen LogP contribution in [0.5, 0.6) is 0 Å². The van der Waals surface area contributed by atoms with Crippen LogP contribution in [0.4, 0.5) is 11.5 Å². The Morgan fingerprint density at radius 1 is 1.21 bits per heavy atom. The Labute approximate surface area is 109 Å². The molecule has 0 unspecified atom stereocenters. The van der Waals surface area contributed by atoms with Crippen molar-refractivity contribution in [1.82, 2.24) is 24.4 Å². The zero-order valence-electron chi connectivity index (χ0n) is 10.2. The minimum Gasteiger partial charge on any atom is -0.394 e. The van der Waals surface area contributed by atoms with Gasteiger partial charge in [-0.15, -0.1) is 0 Å². The highest BCUT2D eigenvalue weighted by atomic mass is 16.3. The van der Waals surface area contributed by atoms with E-state index in [0.29, 0.717) is 18.1 Å². The standard InChI is InChI=1S/C6H5N3.C5H10N4O/c1-3-7-6-2-4-8-9(6)5-1;6-4-3-8-9(1-2-10)5(4)7/h1-5H;3,10H,1-2,6-7H2. The predicted molar refractivity (Wildman–Crippen MR) is 71.1 cm³/mol. The van der Waals surface area contributed by atoms with Crippen molar-refractivity contribution in [3.63, 3.8) is 0 Å². The molecule has 0 aliphatic carbocycles. The van der Waals surface area contributed by atoms with Gasteiger partial charge in [0.05, 0.1) is 31.2 Å². The van der Waals surface area contributed by atoms with Crippen LogP contribution < -0.4 is 11.5 Å². The van der Waals surface area contributed by atoms with E-state index in [1.807, 2.05) is 18.3 Å². The Balaban J connectivity index is 0.000000141. The lowest BCUT2D eigenvalue weighted by Gasteiger charge is -1.99. The molecule has 0 fully saturated rings. The summed E-state index contributed by atoms with van der Waals surface area (Å²) in [7, 11) is 0. The topological polar surface area (TPSA) is 120 Å². The number of fused-ring (bicyclic) bond motifs is 1. The predicted octanol–water partition coefficient (Wildman–Crippen LogP) is -0.231. The quantitative estimate of drug-likeness (QED) is 0.586. The van der Waals surface area contributed by atoms with Crippen LogP contribution in [0, 0.1) is 0 Å². The monoisotopic (exact) mass is 261 g/mol. The van der Waals surface area contributed by atoms with E-state index >= 15 is 0 Å². The maximum Gasteiger partial charge on any atom is 0.154 e. The Morgan fingerprint density at radius 3 is 2.68 bits per heavy atom. The summed E-state index contributed by atoms with van der Waals surface area (Å²) in [5, 5.41) is 16.3. The summed E-state index contributed by atoms with van der Waals surface area (Å²) in [4.78, 5) is 4.04. The van der Waals surface area contributed by atoms with Gasteiger partial charge in [-0.05, 0) is 6.07 Å². The van der Waals surface area contributed by atoms with Gasteiger partial charge in [-0.25, -0.2) is 14.2 Å². The third-order valence-corrected chi connectivity index (χ3v) is 2.39. The Kier molecular flexibility index (Phi) is 3.94. The second kappa shape index (κ2) is 5.83. The molecule has 0 aliphatic rings. The van der Waals surface area contributed by atoms with Crippen LogP contribution in [0.3, 0.4) is 0 Å². The summed E-state index contributed by atoms with van der Waals surface area (Å²) in [6, 6.07) is 3.71. The lowest BCUT2D eigenvalue weighted by Crippen LogP contribution is -2.07. The number of hydrogen-bond donors (Lipinski definition) is 3. The lowest BCUT2D eigenvalue weighted by atomic mass is 10.5. The van der Waals surface area contributed by atoms with Crippen molar-refractivity contribution < 1.29 is 5.11 Å². The fourth-order valence-electron chi connectivity index (χ4n) is 1.45. The molecule has 19 heavy (non-hydrogen) atoms. The maximum absolute atomic E-state index is 8.50. The van der Waals surface area contributed by atoms with Crippen molar-refractivity contribution in [2.24, 2.45) is 0 Å². The van der Waals surface area contributed by atoms with Crippen molar-refractivity contribution in [3.05, 3.63) is 36.9 Å². The second-order valence-corrected chi connectivity index (χ2v) is 3.69. The zero-order valence-corrected chi connectivity index (χ0v) is 10.2. The molecule has 8 nitrogen and oxygen atoms in total. The number of aliphatic hydroxyl groups is 1. The molecule has 3 aromatic heterocycles. The van der Waals surface area contributed by atoms with Gasteiger partial charge in [0.15, 0.2) is 5.65 Å². The van der Waals surface area contributed by atoms with Crippen LogP contribution in [0.1, 0.15) is 0 Å². The third kappa shape index (κ3) is 2.99. The van der Waals surface area contributed by atoms with Gasteiger partial charge < -0.3 is 16.6 Å². The molecular formula is C11H15N7O. The number of nitrogens with zero attached hydrogens (tertiary/aromatic N) is 5. The van der Waals surface area contributed by atoms with E-state index in [1.165, 1.54) is 10.9 Å². The first kappa shape index (κ1) is 12.8. The average Bonchev–Trinajstić information content (AvgIpc) is 3.02. The Bertz CT molecular complexity index is 615. The minimum atomic E-state index is 0.0192. The lowest BCUT2D eigenvalue weighted by molar-refractivity contribution is 0.270. The number of rotatable bonds is 2. The van der Waals surface area contributed by atoms with Crippen LogP contribution >= 0.6 is 0 Å². The average molecular weight is 261 g/mol. The molecule has 3 rings (SSSR count). The number of hydrogen-bond acceptors (Lipinski definition) is 6. The van der Waals surface area contributed by atoms with E-state index < -0.39 is 0 Å². The Morgan fingerprint density at radius 2 is 2.05 bits per heavy atom. The molecule has 0 aromatic carbocycles. The van der Waals surface area contributed by atoms with Crippen molar-refractivity contribution in [3.8, 4) is 0 Å². The maximum atomic E-state index is 8.50. The fourth-order valence-corrected chi connectivity index (χ4v) is 1.45. The molecule has 0 bridgehead atoms. The van der Waals surface area contributed by atoms with E-state index in [4.69, 9.17) is 16.6 Å². The first-order valence-corrected chi connectivity index (χ1v) is 5.64. The normalized spacial score (nSPS) is 10.2. The van der Waals surface area contributed by atoms with Gasteiger partial charge in [-0.3, -0.25) is 0 Å². The molecule has 0 radical (unpaired) electrons. The number of nitrogens with two attached hydrogens (primary N) is 2. The van der Waals surface area contributed by atoms with Crippen LogP contribution in [0.25, 0.3) is 5.65 Å². The third-order valence-electron chi connectivity index (χ3n) is 2.39. The molecular weight excluding hydrogens is 246 g/mol. The highest BCUT2D eigenvalue weighted by Crippen LogP contribution is 2.11. The largest absolute Gasteiger partial charge is 0.394 e. The highest BCUT2D eigenvalue weighted by Gasteiger charge is 2.00. The van der Waals surface area contributed by atoms with E-state index in [9.17, 15) is 0 Å². The molecule has 0 atom stereocenters. The van der Waals surface area contributed by atoms with Gasteiger partial charge in [-0.1, -0.05) is 0 Å². The first-order chi connectivity index (χ1) is 9.22. The van der Waals surface area contributed by atoms with Gasteiger partial charge in [0.1, 0.15) is 5.82 Å². The van der Waals surface area contributed by atoms with Gasteiger partial charge in [-0.2, -0.15) is 10.2 Å². The van der Waals surface area contributed by atoms with E-state index in [-0.39, 0.29) is 6.61 Å². The molecule has 3 aromatic rings. The highest BCUT2D eigenvalue weighted by molar-refractivity contribution is 5.56. The summed E-state index contributed by atoms with van der Waals surface area (Å²) < 4.78 is 3.18. The number of nitrogen functional groups attached to an aromatic ring is 2. The van der Waals surface area contributed by atoms with Crippen LogP contribution in [-0.2, 0) is 6.54 Å². The van der Waals surface area contributed by atoms with Gasteiger partial charge in [0, 0.05) is 18.5 Å². The van der Waals surface area contributed by atoms with Gasteiger partial charge in [0.2, 0.25) is 0 Å². The SMILES string of the molecule is Nc1cnn(CCO)c1N.c1cnc2ccnn2c1. The molecule has 0 spiro atoms. The van der Waals surface area contributed by atoms with E-state index in [1.54, 1.807) is 16.9 Å². The summed E-state index contributed by atoms with van der Waals surface area (Å²) in [6.07, 6.45) is 6.80. The fraction of sp³-hybridized carbons (Fsp3) is 0.182. The number of aromatic nitrogens is 5. The van der Waals surface area contributed by atoms with Gasteiger partial charge in [0.25, 0.3) is 0 Å². The van der Waals surface area contributed by atoms with Crippen LogP contribution in [-0.4, -0.2) is 36.1 Å². The van der Waals surface area contributed by atoms with Gasteiger partial charge >= 0.3 is 0 Å². The molecule has 5 N–H and O–H groups in total. The van der Waals surface area contributed by atoms with Crippen LogP contribution in [0.2, 0.25) is 0 Å². The summed E-state index contributed by atoms with van der Waals surface area (Å²) in [6.45, 7) is 0.411. The molecule has 0 aliphatic heterocycles. The number of aliphatic hydroxyl groups excluding tert-OH is 1. The van der Waals surface area contributed by atoms with Crippen molar-refractivity contribution in [1.29, 1.82) is 0 Å². The smallest absolute Gasteiger partial charge is 0.154 e. The molecule has 0 saturated carbocycles. The van der Waals surface area contributed by atoms with Crippen molar-refractivity contribution in [2.75, 3.05) is 18.1 Å².